The number of hydrogen-bond donors (Lipinski definition) is 0. The summed E-state index contributed by atoms with van der Waals surface area (Å²) in [5.74, 6) is 0. The van der Waals surface area contributed by atoms with Crippen LogP contribution in [0.1, 0.15) is 5.69 Å². The smallest absolute Gasteiger partial charge is 0.124 e. The minimum absolute atomic E-state index is 1.09. The van der Waals surface area contributed by atoms with E-state index in [9.17, 15) is 0 Å². The summed E-state index contributed by atoms with van der Waals surface area (Å²) in [4.78, 5) is 5.56. The van der Waals surface area contributed by atoms with Crippen molar-refractivity contribution < 1.29 is 0 Å². The molecule has 0 atom stereocenters. The average molecular weight is 275 g/mol. The molecule has 2 rings (SSSR count). The van der Waals surface area contributed by atoms with Crippen LogP contribution in [0, 0.1) is 9.81 Å². The van der Waals surface area contributed by atoms with Gasteiger partial charge in [0.25, 0.3) is 0 Å². The molecule has 0 radical (unpaired) electrons. The van der Waals surface area contributed by atoms with Gasteiger partial charge >= 0.3 is 0 Å². The second-order valence-electron chi connectivity index (χ2n) is 2.40. The number of hydrogen-bond acceptors (Lipinski definition) is 2. The number of nitrogens with zero attached hydrogens (tertiary/aromatic N) is 1. The van der Waals surface area contributed by atoms with Crippen molar-refractivity contribution in [1.82, 2.24) is 4.98 Å². The second-order valence-corrected chi connectivity index (χ2v) is 5.32. The number of aromatic nitrogens is 1. The fraction of sp³-hybridized carbons (Fsp3) is 0.125. The van der Waals surface area contributed by atoms with Gasteiger partial charge in [0.15, 0.2) is 0 Å². The number of pyridine rings is 1. The van der Waals surface area contributed by atoms with Crippen LogP contribution < -0.4 is 0 Å². The third-order valence-electron chi connectivity index (χ3n) is 1.49. The van der Waals surface area contributed by atoms with E-state index in [0.717, 1.165) is 10.5 Å². The van der Waals surface area contributed by atoms with Crippen molar-refractivity contribution in [3.8, 4) is 0 Å². The monoisotopic (exact) mass is 275 g/mol. The van der Waals surface area contributed by atoms with Crippen LogP contribution in [0.2, 0.25) is 0 Å². The first-order valence-electron chi connectivity index (χ1n) is 3.28. The van der Waals surface area contributed by atoms with E-state index in [1.165, 1.54) is 8.27 Å². The van der Waals surface area contributed by atoms with Crippen molar-refractivity contribution in [3.05, 3.63) is 26.8 Å². The SMILES string of the molecule is Cc1ccc2cc(I)sc2n1. The molecule has 0 N–H and O–H groups in total. The summed E-state index contributed by atoms with van der Waals surface area (Å²) in [5, 5.41) is 1.25. The molecule has 3 heteroatoms. The minimum atomic E-state index is 1.09. The van der Waals surface area contributed by atoms with Crippen LogP contribution in [0.5, 0.6) is 0 Å². The lowest BCUT2D eigenvalue weighted by Gasteiger charge is -1.89. The summed E-state index contributed by atoms with van der Waals surface area (Å²) in [6.07, 6.45) is 0. The first-order chi connectivity index (χ1) is 5.25. The van der Waals surface area contributed by atoms with Crippen molar-refractivity contribution in [2.24, 2.45) is 0 Å². The number of fused-ring (bicyclic) bond motifs is 1. The quantitative estimate of drug-likeness (QED) is 0.673. The van der Waals surface area contributed by atoms with E-state index < -0.39 is 0 Å². The van der Waals surface area contributed by atoms with E-state index in [2.05, 4.69) is 39.7 Å². The van der Waals surface area contributed by atoms with Gasteiger partial charge in [-0.2, -0.15) is 0 Å². The molecule has 0 aliphatic heterocycles. The van der Waals surface area contributed by atoms with E-state index >= 15 is 0 Å². The second kappa shape index (κ2) is 2.71. The van der Waals surface area contributed by atoms with E-state index in [0.29, 0.717) is 0 Å². The molecule has 11 heavy (non-hydrogen) atoms. The molecular formula is C8H6INS. The molecule has 0 aliphatic rings. The van der Waals surface area contributed by atoms with Gasteiger partial charge in [-0.25, -0.2) is 4.98 Å². The Hall–Kier alpha value is -0.160. The number of thiophene rings is 1. The molecule has 0 bridgehead atoms. The Morgan fingerprint density at radius 3 is 3.09 bits per heavy atom. The lowest BCUT2D eigenvalue weighted by molar-refractivity contribution is 1.27. The lowest BCUT2D eigenvalue weighted by atomic mass is 10.3. The van der Waals surface area contributed by atoms with Gasteiger partial charge in [-0.15, -0.1) is 11.3 Å². The fourth-order valence-corrected chi connectivity index (χ4v) is 2.75. The largest absolute Gasteiger partial charge is 0.242 e. The molecule has 0 aliphatic carbocycles. The molecule has 0 fully saturated rings. The van der Waals surface area contributed by atoms with Crippen molar-refractivity contribution in [2.75, 3.05) is 0 Å². The average Bonchev–Trinajstić information content (AvgIpc) is 2.27. The van der Waals surface area contributed by atoms with Crippen LogP contribution in [0.4, 0.5) is 0 Å². The van der Waals surface area contributed by atoms with Gasteiger partial charge in [-0.05, 0) is 41.6 Å². The van der Waals surface area contributed by atoms with E-state index in [1.807, 2.05) is 13.0 Å². The van der Waals surface area contributed by atoms with Crippen molar-refractivity contribution in [1.29, 1.82) is 0 Å². The predicted octanol–water partition coefficient (Wildman–Crippen LogP) is 3.21. The zero-order chi connectivity index (χ0) is 7.84. The third-order valence-corrected chi connectivity index (χ3v) is 3.30. The van der Waals surface area contributed by atoms with Gasteiger partial charge in [0.2, 0.25) is 0 Å². The summed E-state index contributed by atoms with van der Waals surface area (Å²) in [6, 6.07) is 6.33. The van der Waals surface area contributed by atoms with Crippen molar-refractivity contribution in [2.45, 2.75) is 6.92 Å². The Kier molecular flexibility index (Phi) is 1.85. The van der Waals surface area contributed by atoms with E-state index in [-0.39, 0.29) is 0 Å². The number of halogens is 1. The molecule has 0 spiro atoms. The molecule has 0 amide bonds. The van der Waals surface area contributed by atoms with Gasteiger partial charge in [0.05, 0.1) is 2.88 Å². The maximum atomic E-state index is 4.41. The van der Waals surface area contributed by atoms with Gasteiger partial charge in [0.1, 0.15) is 4.83 Å². The zero-order valence-corrected chi connectivity index (χ0v) is 8.94. The predicted molar refractivity (Wildman–Crippen MR) is 57.1 cm³/mol. The summed E-state index contributed by atoms with van der Waals surface area (Å²) < 4.78 is 1.30. The zero-order valence-electron chi connectivity index (χ0n) is 5.97. The highest BCUT2D eigenvalue weighted by atomic mass is 127. The van der Waals surface area contributed by atoms with Crippen molar-refractivity contribution >= 4 is 44.1 Å². The maximum Gasteiger partial charge on any atom is 0.124 e. The molecule has 2 aromatic rings. The van der Waals surface area contributed by atoms with E-state index in [1.54, 1.807) is 11.3 Å². The molecule has 0 aromatic carbocycles. The highest BCUT2D eigenvalue weighted by Crippen LogP contribution is 2.24. The number of aryl methyl sites for hydroxylation is 1. The molecule has 2 heterocycles. The van der Waals surface area contributed by atoms with Gasteiger partial charge in [-0.1, -0.05) is 6.07 Å². The summed E-state index contributed by atoms with van der Waals surface area (Å²) >= 11 is 4.07. The van der Waals surface area contributed by atoms with Crippen LogP contribution in [0.25, 0.3) is 10.2 Å². The molecule has 2 aromatic heterocycles. The third kappa shape index (κ3) is 1.39. The Balaban J connectivity index is 2.82. The Morgan fingerprint density at radius 2 is 2.27 bits per heavy atom. The summed E-state index contributed by atoms with van der Waals surface area (Å²) in [6.45, 7) is 2.02. The van der Waals surface area contributed by atoms with Gasteiger partial charge < -0.3 is 0 Å². The minimum Gasteiger partial charge on any atom is -0.242 e. The fourth-order valence-electron chi connectivity index (χ4n) is 0.979. The molecule has 1 nitrogen and oxygen atoms in total. The van der Waals surface area contributed by atoms with Crippen LogP contribution >= 0.6 is 33.9 Å². The Morgan fingerprint density at radius 1 is 1.45 bits per heavy atom. The molecular weight excluding hydrogens is 269 g/mol. The molecule has 0 unspecified atom stereocenters. The Labute approximate surface area is 82.6 Å². The van der Waals surface area contributed by atoms with Crippen LogP contribution in [-0.4, -0.2) is 4.98 Å². The lowest BCUT2D eigenvalue weighted by Crippen LogP contribution is -1.75. The normalized spacial score (nSPS) is 10.7. The van der Waals surface area contributed by atoms with E-state index in [4.69, 9.17) is 0 Å². The molecule has 0 saturated heterocycles. The van der Waals surface area contributed by atoms with Crippen LogP contribution in [-0.2, 0) is 0 Å². The van der Waals surface area contributed by atoms with Gasteiger partial charge in [-0.3, -0.25) is 0 Å². The van der Waals surface area contributed by atoms with Crippen LogP contribution in [0.3, 0.4) is 0 Å². The van der Waals surface area contributed by atoms with Crippen LogP contribution in [0.15, 0.2) is 18.2 Å². The highest BCUT2D eigenvalue weighted by Gasteiger charge is 1.98. The molecule has 56 valence electrons. The summed E-state index contributed by atoms with van der Waals surface area (Å²) in [7, 11) is 0. The maximum absolute atomic E-state index is 4.41. The topological polar surface area (TPSA) is 12.9 Å². The standard InChI is InChI=1S/C8H6INS/c1-5-2-3-6-4-7(9)11-8(6)10-5/h2-4H,1H3. The summed E-state index contributed by atoms with van der Waals surface area (Å²) in [5.41, 5.74) is 1.09. The van der Waals surface area contributed by atoms with Gasteiger partial charge in [0, 0.05) is 11.1 Å². The highest BCUT2D eigenvalue weighted by molar-refractivity contribution is 14.1. The van der Waals surface area contributed by atoms with Crippen molar-refractivity contribution in [3.63, 3.8) is 0 Å². The Bertz CT molecular complexity index is 394. The first kappa shape index (κ1) is 7.49. The molecule has 0 saturated carbocycles. The first-order valence-corrected chi connectivity index (χ1v) is 5.18. The number of rotatable bonds is 0.